The van der Waals surface area contributed by atoms with Gasteiger partial charge in [0, 0.05) is 26.6 Å². The normalized spacial score (nSPS) is 22.9. The zero-order chi connectivity index (χ0) is 28.4. The largest absolute Gasteiger partial charge is 0.481 e. The van der Waals surface area contributed by atoms with Crippen LogP contribution >= 0.6 is 0 Å². The monoisotopic (exact) mass is 545 g/mol. The van der Waals surface area contributed by atoms with Crippen LogP contribution in [0.3, 0.4) is 0 Å². The summed E-state index contributed by atoms with van der Waals surface area (Å²) in [6.07, 6.45) is 2.00. The molecule has 2 aromatic carbocycles. The van der Waals surface area contributed by atoms with E-state index in [-0.39, 0.29) is 43.7 Å². The molecule has 3 aliphatic rings. The molecule has 3 atom stereocenters. The van der Waals surface area contributed by atoms with Crippen LogP contribution in [0.5, 0.6) is 0 Å². The lowest BCUT2D eigenvalue weighted by molar-refractivity contribution is -0.187. The predicted octanol–water partition coefficient (Wildman–Crippen LogP) is 0.960. The van der Waals surface area contributed by atoms with E-state index in [4.69, 9.17) is 0 Å². The van der Waals surface area contributed by atoms with Gasteiger partial charge < -0.3 is 20.2 Å². The summed E-state index contributed by atoms with van der Waals surface area (Å²) in [5.74, 6) is -1.42. The van der Waals surface area contributed by atoms with Gasteiger partial charge in [-0.15, -0.1) is 0 Å². The maximum atomic E-state index is 13.9. The first-order chi connectivity index (χ1) is 19.2. The van der Waals surface area contributed by atoms with Gasteiger partial charge in [0.05, 0.1) is 13.1 Å². The van der Waals surface area contributed by atoms with E-state index in [1.54, 1.807) is 17.0 Å². The number of hydrogen-bond donors (Lipinski definition) is 2. The van der Waals surface area contributed by atoms with Gasteiger partial charge in [-0.3, -0.25) is 14.4 Å². The van der Waals surface area contributed by atoms with Crippen molar-refractivity contribution in [1.82, 2.24) is 25.1 Å². The maximum absolute atomic E-state index is 13.9. The third kappa shape index (κ3) is 5.44. The first-order valence-corrected chi connectivity index (χ1v) is 13.7. The number of aliphatic carboxylic acids is 1. The van der Waals surface area contributed by atoms with Gasteiger partial charge in [0.25, 0.3) is 0 Å². The highest BCUT2D eigenvalue weighted by Gasteiger charge is 2.50. The Morgan fingerprint density at radius 2 is 1.77 bits per heavy atom. The van der Waals surface area contributed by atoms with Gasteiger partial charge in [-0.2, -0.15) is 0 Å². The van der Waals surface area contributed by atoms with Crippen LogP contribution < -0.4 is 15.8 Å². The van der Waals surface area contributed by atoms with Crippen LogP contribution in [-0.4, -0.2) is 87.6 Å². The number of nitrogens with one attached hydrogen (secondary N) is 1. The molecule has 2 fully saturated rings. The number of amides is 4. The summed E-state index contributed by atoms with van der Waals surface area (Å²) >= 11 is 0. The minimum Gasteiger partial charge on any atom is -0.481 e. The summed E-state index contributed by atoms with van der Waals surface area (Å²) in [6, 6.07) is 16.2. The molecule has 40 heavy (non-hydrogen) atoms. The number of benzene rings is 2. The SMILES string of the molecule is CC1CC=c2ccccc2=C1CN1C[C@H]2N(C(=O)CN(C)N2C(=O)NCc2ccccc2)[C@@H](CCC(=O)O)C1=O. The standard InChI is InChI=1S/C30H35N5O5/c1-20-12-13-22-10-6-7-11-23(22)24(20)17-33-18-26-34(25(29(33)39)14-15-28(37)38)27(36)19-32(2)35(26)30(40)31-16-21-8-4-3-5-9-21/h3-11,13,20,25-26H,12,14-19H2,1-2H3,(H,31,40)(H,37,38)/t20?,25-,26-/m0/s1. The number of piperazine rings is 1. The average Bonchev–Trinajstić information content (AvgIpc) is 2.94. The summed E-state index contributed by atoms with van der Waals surface area (Å²) < 4.78 is 0. The third-order valence-electron chi connectivity index (χ3n) is 8.02. The molecule has 0 radical (unpaired) electrons. The Morgan fingerprint density at radius 1 is 1.05 bits per heavy atom. The summed E-state index contributed by atoms with van der Waals surface area (Å²) in [7, 11) is 1.67. The minimum absolute atomic E-state index is 0.0225. The molecule has 5 rings (SSSR count). The summed E-state index contributed by atoms with van der Waals surface area (Å²) in [5, 5.41) is 17.6. The molecule has 1 aliphatic carbocycles. The highest BCUT2D eigenvalue weighted by atomic mass is 16.4. The quantitative estimate of drug-likeness (QED) is 0.536. The molecule has 2 N–H and O–H groups in total. The van der Waals surface area contributed by atoms with Gasteiger partial charge >= 0.3 is 12.0 Å². The number of carboxylic acid groups (broad SMARTS) is 1. The molecule has 0 spiro atoms. The van der Waals surface area contributed by atoms with Crippen molar-refractivity contribution < 1.29 is 24.3 Å². The highest BCUT2D eigenvalue weighted by Crippen LogP contribution is 2.29. The molecule has 2 aromatic rings. The summed E-state index contributed by atoms with van der Waals surface area (Å²) in [5.41, 5.74) is 2.05. The number of fused-ring (bicyclic) bond motifs is 2. The van der Waals surface area contributed by atoms with Crippen LogP contribution in [-0.2, 0) is 20.9 Å². The Morgan fingerprint density at radius 3 is 2.52 bits per heavy atom. The average molecular weight is 546 g/mol. The van der Waals surface area contributed by atoms with Crippen molar-refractivity contribution in [1.29, 1.82) is 0 Å². The van der Waals surface area contributed by atoms with E-state index in [1.807, 2.05) is 42.5 Å². The van der Waals surface area contributed by atoms with Crippen LogP contribution in [0, 0.1) is 5.92 Å². The molecule has 0 bridgehead atoms. The molecule has 2 aliphatic heterocycles. The second-order valence-electron chi connectivity index (χ2n) is 10.7. The third-order valence-corrected chi connectivity index (χ3v) is 8.02. The van der Waals surface area contributed by atoms with E-state index >= 15 is 0 Å². The Bertz CT molecular complexity index is 1430. The van der Waals surface area contributed by atoms with Gasteiger partial charge in [0.15, 0.2) is 0 Å². The number of urea groups is 1. The molecule has 10 heteroatoms. The number of hydrazine groups is 1. The molecule has 4 amide bonds. The van der Waals surface area contributed by atoms with E-state index in [1.165, 1.54) is 9.91 Å². The highest BCUT2D eigenvalue weighted by molar-refractivity contribution is 5.92. The van der Waals surface area contributed by atoms with Gasteiger partial charge in [0.1, 0.15) is 12.2 Å². The minimum atomic E-state index is -1.04. The first-order valence-electron chi connectivity index (χ1n) is 13.7. The molecular formula is C30H35N5O5. The van der Waals surface area contributed by atoms with Gasteiger partial charge in [-0.25, -0.2) is 14.8 Å². The van der Waals surface area contributed by atoms with Gasteiger partial charge in [-0.05, 0) is 40.3 Å². The van der Waals surface area contributed by atoms with Gasteiger partial charge in [-0.1, -0.05) is 67.6 Å². The van der Waals surface area contributed by atoms with Crippen molar-refractivity contribution in [2.24, 2.45) is 5.92 Å². The Balaban J connectivity index is 1.48. The molecule has 0 aromatic heterocycles. The molecule has 210 valence electrons. The van der Waals surface area contributed by atoms with E-state index in [0.29, 0.717) is 13.1 Å². The molecule has 10 nitrogen and oxygen atoms in total. The molecule has 1 unspecified atom stereocenters. The Labute approximate surface area is 233 Å². The number of carboxylic acids is 1. The number of nitrogens with zero attached hydrogens (tertiary/aromatic N) is 4. The number of hydrogen-bond acceptors (Lipinski definition) is 5. The second-order valence-corrected chi connectivity index (χ2v) is 10.7. The number of likely N-dealkylation sites (N-methyl/N-ethyl adjacent to an activating group) is 1. The van der Waals surface area contributed by atoms with E-state index in [0.717, 1.165) is 28.0 Å². The fraction of sp³-hybridized carbons (Fsp3) is 0.400. The topological polar surface area (TPSA) is 114 Å². The van der Waals surface area contributed by atoms with Crippen LogP contribution in [0.25, 0.3) is 11.6 Å². The fourth-order valence-electron chi connectivity index (χ4n) is 5.96. The number of carbonyl (C=O) groups is 4. The fourth-order valence-corrected chi connectivity index (χ4v) is 5.96. The lowest BCUT2D eigenvalue weighted by Gasteiger charge is -2.54. The van der Waals surface area contributed by atoms with Crippen molar-refractivity contribution >= 4 is 35.5 Å². The van der Waals surface area contributed by atoms with Crippen molar-refractivity contribution in [2.75, 3.05) is 26.7 Å². The lowest BCUT2D eigenvalue weighted by Crippen LogP contribution is -2.76. The van der Waals surface area contributed by atoms with Crippen LogP contribution in [0.1, 0.15) is 31.7 Å². The predicted molar refractivity (Wildman–Crippen MR) is 148 cm³/mol. The zero-order valence-electron chi connectivity index (χ0n) is 22.8. The summed E-state index contributed by atoms with van der Waals surface area (Å²) in [4.78, 5) is 55.3. The van der Waals surface area contributed by atoms with E-state index in [9.17, 15) is 24.3 Å². The Kier molecular flexibility index (Phi) is 7.88. The lowest BCUT2D eigenvalue weighted by atomic mass is 9.89. The molecule has 2 heterocycles. The van der Waals surface area contributed by atoms with Crippen molar-refractivity contribution in [3.63, 3.8) is 0 Å². The van der Waals surface area contributed by atoms with Crippen LogP contribution in [0.4, 0.5) is 4.79 Å². The number of carbonyl (C=O) groups excluding carboxylic acids is 3. The van der Waals surface area contributed by atoms with Crippen molar-refractivity contribution in [3.05, 3.63) is 70.6 Å². The summed E-state index contributed by atoms with van der Waals surface area (Å²) in [6.45, 7) is 2.81. The zero-order valence-corrected chi connectivity index (χ0v) is 22.8. The van der Waals surface area contributed by atoms with Crippen molar-refractivity contribution in [3.8, 4) is 0 Å². The van der Waals surface area contributed by atoms with Crippen molar-refractivity contribution in [2.45, 2.75) is 44.9 Å². The first kappa shape index (κ1) is 27.4. The van der Waals surface area contributed by atoms with Crippen LogP contribution in [0.2, 0.25) is 0 Å². The Hall–Kier alpha value is -4.18. The second kappa shape index (κ2) is 11.5. The van der Waals surface area contributed by atoms with Crippen LogP contribution in [0.15, 0.2) is 54.6 Å². The smallest absolute Gasteiger partial charge is 0.334 e. The molecular weight excluding hydrogens is 510 g/mol. The van der Waals surface area contributed by atoms with E-state index in [2.05, 4.69) is 30.4 Å². The van der Waals surface area contributed by atoms with Gasteiger partial charge in [0.2, 0.25) is 11.8 Å². The molecule has 0 saturated carbocycles. The molecule has 2 saturated heterocycles. The van der Waals surface area contributed by atoms with E-state index < -0.39 is 24.2 Å². The number of rotatable bonds is 7. The maximum Gasteiger partial charge on any atom is 0.334 e.